The van der Waals surface area contributed by atoms with Gasteiger partial charge < -0.3 is 4.74 Å². The lowest BCUT2D eigenvalue weighted by molar-refractivity contribution is 0.0522. The Kier molecular flexibility index (Phi) is 4.01. The fourth-order valence-corrected chi connectivity index (χ4v) is 1.56. The van der Waals surface area contributed by atoms with Crippen LogP contribution in [0, 0.1) is 11.3 Å². The fraction of sp³-hybridized carbons (Fsp3) is 0.200. The molecular formula is C10H8ClNO2S. The van der Waals surface area contributed by atoms with Gasteiger partial charge >= 0.3 is 5.97 Å². The SMILES string of the molecule is CCOC(=O)c1c(S)ccc(Cl)c1C#N. The molecule has 0 unspecified atom stereocenters. The molecule has 1 aromatic carbocycles. The van der Waals surface area contributed by atoms with Crippen LogP contribution in [-0.4, -0.2) is 12.6 Å². The topological polar surface area (TPSA) is 50.1 Å². The van der Waals surface area contributed by atoms with Crippen molar-refractivity contribution in [1.29, 1.82) is 5.26 Å². The van der Waals surface area contributed by atoms with E-state index >= 15 is 0 Å². The minimum absolute atomic E-state index is 0.0996. The molecule has 0 heterocycles. The standard InChI is InChI=1S/C10H8ClNO2S/c1-2-14-10(13)9-6(5-12)7(11)3-4-8(9)15/h3-4,15H,2H2,1H3. The van der Waals surface area contributed by atoms with Crippen LogP contribution in [-0.2, 0) is 4.74 Å². The van der Waals surface area contributed by atoms with Gasteiger partial charge in [-0.25, -0.2) is 4.79 Å². The molecule has 1 aromatic rings. The van der Waals surface area contributed by atoms with E-state index in [0.29, 0.717) is 4.90 Å². The Hall–Kier alpha value is -1.18. The zero-order valence-corrected chi connectivity index (χ0v) is 9.60. The van der Waals surface area contributed by atoms with Crippen LogP contribution in [0.15, 0.2) is 17.0 Å². The molecule has 3 nitrogen and oxygen atoms in total. The van der Waals surface area contributed by atoms with Crippen molar-refractivity contribution in [3.05, 3.63) is 28.3 Å². The molecular weight excluding hydrogens is 234 g/mol. The Labute approximate surface area is 98.0 Å². The molecule has 0 atom stereocenters. The highest BCUT2D eigenvalue weighted by Crippen LogP contribution is 2.25. The van der Waals surface area contributed by atoms with Crippen LogP contribution >= 0.6 is 24.2 Å². The number of esters is 1. The molecule has 0 saturated heterocycles. The summed E-state index contributed by atoms with van der Waals surface area (Å²) in [5.41, 5.74) is 0.220. The molecule has 78 valence electrons. The average molecular weight is 242 g/mol. The van der Waals surface area contributed by atoms with Gasteiger partial charge in [0.2, 0.25) is 0 Å². The van der Waals surface area contributed by atoms with Gasteiger partial charge in [0.05, 0.1) is 22.8 Å². The van der Waals surface area contributed by atoms with Crippen molar-refractivity contribution in [1.82, 2.24) is 0 Å². The van der Waals surface area contributed by atoms with E-state index in [9.17, 15) is 4.79 Å². The summed E-state index contributed by atoms with van der Waals surface area (Å²) < 4.78 is 4.81. The van der Waals surface area contributed by atoms with Crippen LogP contribution in [0.4, 0.5) is 0 Å². The first-order valence-corrected chi connectivity index (χ1v) is 5.03. The Morgan fingerprint density at radius 2 is 2.33 bits per heavy atom. The number of carbonyl (C=O) groups is 1. The van der Waals surface area contributed by atoms with E-state index in [0.717, 1.165) is 0 Å². The molecule has 15 heavy (non-hydrogen) atoms. The van der Waals surface area contributed by atoms with Gasteiger partial charge in [0.15, 0.2) is 0 Å². The van der Waals surface area contributed by atoms with Crippen molar-refractivity contribution in [3.63, 3.8) is 0 Å². The molecule has 5 heteroatoms. The van der Waals surface area contributed by atoms with Crippen LogP contribution in [0.3, 0.4) is 0 Å². The highest BCUT2D eigenvalue weighted by molar-refractivity contribution is 7.80. The number of nitriles is 1. The molecule has 0 aliphatic heterocycles. The molecule has 0 aliphatic rings. The number of thiol groups is 1. The molecule has 0 N–H and O–H groups in total. The van der Waals surface area contributed by atoms with Crippen LogP contribution in [0.2, 0.25) is 5.02 Å². The second kappa shape index (κ2) is 5.06. The summed E-state index contributed by atoms with van der Waals surface area (Å²) in [7, 11) is 0. The molecule has 1 rings (SSSR count). The van der Waals surface area contributed by atoms with E-state index in [-0.39, 0.29) is 22.8 Å². The fourth-order valence-electron chi connectivity index (χ4n) is 1.09. The Balaban J connectivity index is 3.33. The maximum atomic E-state index is 11.5. The predicted octanol–water partition coefficient (Wildman–Crippen LogP) is 2.68. The Morgan fingerprint density at radius 3 is 2.87 bits per heavy atom. The minimum Gasteiger partial charge on any atom is -0.462 e. The number of hydrogen-bond donors (Lipinski definition) is 1. The van der Waals surface area contributed by atoms with Gasteiger partial charge in [0, 0.05) is 4.90 Å². The molecule has 0 amide bonds. The first kappa shape index (κ1) is 11.9. The molecule has 0 radical (unpaired) electrons. The third-order valence-corrected chi connectivity index (χ3v) is 2.41. The summed E-state index contributed by atoms with van der Waals surface area (Å²) in [6.07, 6.45) is 0. The molecule has 0 spiro atoms. The van der Waals surface area contributed by atoms with E-state index in [1.165, 1.54) is 6.07 Å². The monoisotopic (exact) mass is 241 g/mol. The van der Waals surface area contributed by atoms with E-state index in [1.807, 2.05) is 6.07 Å². The predicted molar refractivity (Wildman–Crippen MR) is 59.4 cm³/mol. The zero-order valence-electron chi connectivity index (χ0n) is 7.95. The van der Waals surface area contributed by atoms with Gasteiger partial charge in [-0.2, -0.15) is 5.26 Å². The third-order valence-electron chi connectivity index (χ3n) is 1.72. The van der Waals surface area contributed by atoms with Crippen molar-refractivity contribution >= 4 is 30.2 Å². The van der Waals surface area contributed by atoms with Gasteiger partial charge in [-0.3, -0.25) is 0 Å². The maximum absolute atomic E-state index is 11.5. The lowest BCUT2D eigenvalue weighted by Gasteiger charge is -2.07. The summed E-state index contributed by atoms with van der Waals surface area (Å²) in [6, 6.07) is 4.94. The third kappa shape index (κ3) is 2.44. The number of benzene rings is 1. The van der Waals surface area contributed by atoms with Gasteiger partial charge in [0.1, 0.15) is 6.07 Å². The van der Waals surface area contributed by atoms with Gasteiger partial charge in [-0.15, -0.1) is 12.6 Å². The van der Waals surface area contributed by atoms with Crippen molar-refractivity contribution in [2.75, 3.05) is 6.61 Å². The number of nitrogens with zero attached hydrogens (tertiary/aromatic N) is 1. The molecule has 0 fully saturated rings. The second-order valence-electron chi connectivity index (χ2n) is 2.65. The lowest BCUT2D eigenvalue weighted by Crippen LogP contribution is -2.08. The number of hydrogen-bond acceptors (Lipinski definition) is 4. The summed E-state index contributed by atoms with van der Waals surface area (Å²) in [6.45, 7) is 1.93. The van der Waals surface area contributed by atoms with Crippen LogP contribution < -0.4 is 0 Å². The molecule has 0 bridgehead atoms. The average Bonchev–Trinajstić information content (AvgIpc) is 2.21. The van der Waals surface area contributed by atoms with E-state index in [2.05, 4.69) is 12.6 Å². The number of carbonyl (C=O) groups excluding carboxylic acids is 1. The summed E-state index contributed by atoms with van der Waals surface area (Å²) >= 11 is 9.87. The maximum Gasteiger partial charge on any atom is 0.340 e. The van der Waals surface area contributed by atoms with Crippen molar-refractivity contribution in [2.24, 2.45) is 0 Å². The smallest absolute Gasteiger partial charge is 0.340 e. The lowest BCUT2D eigenvalue weighted by atomic mass is 10.1. The van der Waals surface area contributed by atoms with Gasteiger partial charge in [0.25, 0.3) is 0 Å². The van der Waals surface area contributed by atoms with Gasteiger partial charge in [-0.05, 0) is 19.1 Å². The minimum atomic E-state index is -0.582. The number of halogens is 1. The van der Waals surface area contributed by atoms with Crippen molar-refractivity contribution < 1.29 is 9.53 Å². The van der Waals surface area contributed by atoms with Crippen LogP contribution in [0.5, 0.6) is 0 Å². The van der Waals surface area contributed by atoms with E-state index in [4.69, 9.17) is 21.6 Å². The summed E-state index contributed by atoms with van der Waals surface area (Å²) in [5, 5.41) is 9.09. The van der Waals surface area contributed by atoms with Crippen molar-refractivity contribution in [3.8, 4) is 6.07 Å². The normalized spacial score (nSPS) is 9.47. The molecule has 0 aromatic heterocycles. The highest BCUT2D eigenvalue weighted by Gasteiger charge is 2.18. The largest absolute Gasteiger partial charge is 0.462 e. The Morgan fingerprint density at radius 1 is 1.67 bits per heavy atom. The number of ether oxygens (including phenoxy) is 1. The number of rotatable bonds is 2. The summed E-state index contributed by atoms with van der Waals surface area (Å²) in [5.74, 6) is -0.582. The highest BCUT2D eigenvalue weighted by atomic mass is 35.5. The zero-order chi connectivity index (χ0) is 11.4. The Bertz CT molecular complexity index is 440. The van der Waals surface area contributed by atoms with Gasteiger partial charge in [-0.1, -0.05) is 11.6 Å². The first-order chi connectivity index (χ1) is 7.11. The van der Waals surface area contributed by atoms with Crippen LogP contribution in [0.1, 0.15) is 22.8 Å². The first-order valence-electron chi connectivity index (χ1n) is 4.20. The van der Waals surface area contributed by atoms with E-state index in [1.54, 1.807) is 13.0 Å². The molecule has 0 saturated carbocycles. The second-order valence-corrected chi connectivity index (χ2v) is 3.54. The molecule has 0 aliphatic carbocycles. The summed E-state index contributed by atoms with van der Waals surface area (Å²) in [4.78, 5) is 11.9. The van der Waals surface area contributed by atoms with Crippen LogP contribution in [0.25, 0.3) is 0 Å². The quantitative estimate of drug-likeness (QED) is 0.640. The van der Waals surface area contributed by atoms with Crippen molar-refractivity contribution in [2.45, 2.75) is 11.8 Å². The van der Waals surface area contributed by atoms with E-state index < -0.39 is 5.97 Å².